The molecule has 0 aromatic carbocycles. The lowest BCUT2D eigenvalue weighted by Gasteiger charge is -2.41. The molecule has 2 aliphatic rings. The first-order chi connectivity index (χ1) is 9.61. The fourth-order valence-electron chi connectivity index (χ4n) is 3.08. The van der Waals surface area contributed by atoms with E-state index in [-0.39, 0.29) is 0 Å². The molecule has 0 radical (unpaired) electrons. The van der Waals surface area contributed by atoms with E-state index in [2.05, 4.69) is 30.7 Å². The van der Waals surface area contributed by atoms with Crippen LogP contribution in [0.3, 0.4) is 0 Å². The van der Waals surface area contributed by atoms with E-state index in [1.54, 1.807) is 0 Å². The minimum absolute atomic E-state index is 0.695. The van der Waals surface area contributed by atoms with Crippen LogP contribution < -0.4 is 0 Å². The van der Waals surface area contributed by atoms with E-state index in [4.69, 9.17) is 0 Å². The molecular formula is C18H42N2. The summed E-state index contributed by atoms with van der Waals surface area (Å²) in [6, 6.07) is 0.742. The molecule has 0 bridgehead atoms. The van der Waals surface area contributed by atoms with Gasteiger partial charge in [-0.05, 0) is 65.2 Å². The molecule has 0 N–H and O–H groups in total. The van der Waals surface area contributed by atoms with Crippen molar-refractivity contribution in [3.8, 4) is 0 Å². The molecule has 0 atom stereocenters. The second kappa shape index (κ2) is 12.6. The zero-order valence-corrected chi connectivity index (χ0v) is 15.9. The summed E-state index contributed by atoms with van der Waals surface area (Å²) in [5.74, 6) is 0. The Kier molecular flexibility index (Phi) is 14.0. The van der Waals surface area contributed by atoms with Gasteiger partial charge in [0.25, 0.3) is 0 Å². The van der Waals surface area contributed by atoms with Gasteiger partial charge in [-0.15, -0.1) is 0 Å². The molecule has 20 heavy (non-hydrogen) atoms. The van der Waals surface area contributed by atoms with Gasteiger partial charge in [-0.25, -0.2) is 0 Å². The van der Waals surface area contributed by atoms with Crippen LogP contribution in [0.25, 0.3) is 0 Å². The fraction of sp³-hybridized carbons (Fsp3) is 1.00. The third-order valence-electron chi connectivity index (χ3n) is 4.22. The van der Waals surface area contributed by atoms with Crippen LogP contribution in [0.5, 0.6) is 0 Å². The molecule has 2 heterocycles. The van der Waals surface area contributed by atoms with Crippen LogP contribution in [0.15, 0.2) is 0 Å². The summed E-state index contributed by atoms with van der Waals surface area (Å²) in [5.41, 5.74) is 0.695. The van der Waals surface area contributed by atoms with E-state index in [1.807, 2.05) is 41.5 Å². The lowest BCUT2D eigenvalue weighted by molar-refractivity contribution is 0.0892. The standard InChI is InChI=1S/C12H24N2.3C2H6/c1-11(2)14-8-5-12(6-9-14)4-7-13(3)10-12;3*1-2/h11H,4-10H2,1-3H3;3*1-2H3. The van der Waals surface area contributed by atoms with Gasteiger partial charge in [0.1, 0.15) is 0 Å². The quantitative estimate of drug-likeness (QED) is 0.677. The van der Waals surface area contributed by atoms with Crippen molar-refractivity contribution in [1.82, 2.24) is 9.80 Å². The topological polar surface area (TPSA) is 6.48 Å². The smallest absolute Gasteiger partial charge is 0.00385 e. The highest BCUT2D eigenvalue weighted by molar-refractivity contribution is 4.93. The lowest BCUT2D eigenvalue weighted by atomic mass is 9.77. The van der Waals surface area contributed by atoms with Gasteiger partial charge in [0, 0.05) is 12.6 Å². The Balaban J connectivity index is 0. The molecule has 0 aliphatic carbocycles. The van der Waals surface area contributed by atoms with Gasteiger partial charge >= 0.3 is 0 Å². The van der Waals surface area contributed by atoms with Gasteiger partial charge < -0.3 is 9.80 Å². The summed E-state index contributed by atoms with van der Waals surface area (Å²) >= 11 is 0. The Morgan fingerprint density at radius 2 is 1.15 bits per heavy atom. The number of nitrogens with zero attached hydrogens (tertiary/aromatic N) is 2. The average molecular weight is 287 g/mol. The van der Waals surface area contributed by atoms with Crippen molar-refractivity contribution >= 4 is 0 Å². The van der Waals surface area contributed by atoms with Crippen LogP contribution >= 0.6 is 0 Å². The van der Waals surface area contributed by atoms with Crippen molar-refractivity contribution in [2.75, 3.05) is 33.2 Å². The highest BCUT2D eigenvalue weighted by Crippen LogP contribution is 2.39. The van der Waals surface area contributed by atoms with Crippen LogP contribution in [0.1, 0.15) is 74.7 Å². The molecule has 2 heteroatoms. The van der Waals surface area contributed by atoms with Crippen LogP contribution in [0.4, 0.5) is 0 Å². The highest BCUT2D eigenvalue weighted by Gasteiger charge is 2.39. The fourth-order valence-corrected chi connectivity index (χ4v) is 3.08. The van der Waals surface area contributed by atoms with Crippen LogP contribution in [0.2, 0.25) is 0 Å². The Morgan fingerprint density at radius 1 is 0.750 bits per heavy atom. The second-order valence-electron chi connectivity index (χ2n) is 5.62. The monoisotopic (exact) mass is 286 g/mol. The molecule has 2 saturated heterocycles. The highest BCUT2D eigenvalue weighted by atomic mass is 15.2. The molecule has 124 valence electrons. The third-order valence-corrected chi connectivity index (χ3v) is 4.22. The number of likely N-dealkylation sites (tertiary alicyclic amines) is 2. The summed E-state index contributed by atoms with van der Waals surface area (Å²) in [7, 11) is 2.27. The Morgan fingerprint density at radius 3 is 1.45 bits per heavy atom. The van der Waals surface area contributed by atoms with Gasteiger partial charge in [-0.1, -0.05) is 41.5 Å². The number of hydrogen-bond donors (Lipinski definition) is 0. The van der Waals surface area contributed by atoms with E-state index >= 15 is 0 Å². The van der Waals surface area contributed by atoms with Crippen molar-refractivity contribution in [2.24, 2.45) is 5.41 Å². The largest absolute Gasteiger partial charge is 0.306 e. The summed E-state index contributed by atoms with van der Waals surface area (Å²) in [6.45, 7) is 22.0. The minimum atomic E-state index is 0.695. The van der Waals surface area contributed by atoms with Gasteiger partial charge in [-0.3, -0.25) is 0 Å². The Hall–Kier alpha value is -0.0800. The molecule has 2 aliphatic heterocycles. The molecular weight excluding hydrogens is 244 g/mol. The van der Waals surface area contributed by atoms with E-state index in [0.717, 1.165) is 6.04 Å². The molecule has 0 aromatic rings. The van der Waals surface area contributed by atoms with Crippen LogP contribution in [-0.4, -0.2) is 49.1 Å². The molecule has 1 spiro atoms. The maximum absolute atomic E-state index is 2.63. The van der Waals surface area contributed by atoms with Crippen molar-refractivity contribution < 1.29 is 0 Å². The minimum Gasteiger partial charge on any atom is -0.306 e. The summed E-state index contributed by atoms with van der Waals surface area (Å²) in [6.07, 6.45) is 4.29. The predicted molar refractivity (Wildman–Crippen MR) is 94.5 cm³/mol. The number of piperidine rings is 1. The summed E-state index contributed by atoms with van der Waals surface area (Å²) in [5, 5.41) is 0. The van der Waals surface area contributed by atoms with E-state index < -0.39 is 0 Å². The average Bonchev–Trinajstić information content (AvgIpc) is 2.86. The van der Waals surface area contributed by atoms with Gasteiger partial charge in [0.05, 0.1) is 0 Å². The molecule has 0 unspecified atom stereocenters. The summed E-state index contributed by atoms with van der Waals surface area (Å²) in [4.78, 5) is 5.13. The maximum atomic E-state index is 2.63. The number of hydrogen-bond acceptors (Lipinski definition) is 2. The SMILES string of the molecule is CC.CC.CC.CC(C)N1CCC2(CCN(C)C2)CC1. The first kappa shape index (κ1) is 22.2. The van der Waals surface area contributed by atoms with Crippen LogP contribution in [-0.2, 0) is 0 Å². The molecule has 0 saturated carbocycles. The number of rotatable bonds is 1. The van der Waals surface area contributed by atoms with Crippen molar-refractivity contribution in [3.63, 3.8) is 0 Å². The zero-order chi connectivity index (χ0) is 16.2. The van der Waals surface area contributed by atoms with Gasteiger partial charge in [0.15, 0.2) is 0 Å². The molecule has 2 rings (SSSR count). The van der Waals surface area contributed by atoms with Crippen molar-refractivity contribution in [2.45, 2.75) is 80.7 Å². The Bertz CT molecular complexity index is 194. The van der Waals surface area contributed by atoms with Crippen molar-refractivity contribution in [1.29, 1.82) is 0 Å². The second-order valence-corrected chi connectivity index (χ2v) is 5.62. The Labute approximate surface area is 129 Å². The normalized spacial score (nSPS) is 21.3. The van der Waals surface area contributed by atoms with E-state index in [0.29, 0.717) is 5.41 Å². The predicted octanol–water partition coefficient (Wildman–Crippen LogP) is 4.89. The van der Waals surface area contributed by atoms with E-state index in [1.165, 1.54) is 45.4 Å². The van der Waals surface area contributed by atoms with Crippen LogP contribution in [0, 0.1) is 5.41 Å². The first-order valence-electron chi connectivity index (χ1n) is 9.04. The zero-order valence-electron chi connectivity index (χ0n) is 15.9. The molecule has 2 nitrogen and oxygen atoms in total. The first-order valence-corrected chi connectivity index (χ1v) is 9.04. The van der Waals surface area contributed by atoms with Crippen molar-refractivity contribution in [3.05, 3.63) is 0 Å². The maximum Gasteiger partial charge on any atom is 0.00385 e. The van der Waals surface area contributed by atoms with E-state index in [9.17, 15) is 0 Å². The molecule has 2 fully saturated rings. The molecule has 0 amide bonds. The van der Waals surface area contributed by atoms with Gasteiger partial charge in [0.2, 0.25) is 0 Å². The van der Waals surface area contributed by atoms with Gasteiger partial charge in [-0.2, -0.15) is 0 Å². The third kappa shape index (κ3) is 7.08. The summed E-state index contributed by atoms with van der Waals surface area (Å²) < 4.78 is 0. The molecule has 0 aromatic heterocycles. The lowest BCUT2D eigenvalue weighted by Crippen LogP contribution is -2.44.